The highest BCUT2D eigenvalue weighted by Gasteiger charge is 2.28. The number of carbonyl (C=O) groups is 1. The molecule has 0 bridgehead atoms. The van der Waals surface area contributed by atoms with Crippen LogP contribution in [0.1, 0.15) is 28.8 Å². The number of aromatic carboxylic acids is 1. The molecule has 0 aromatic heterocycles. The van der Waals surface area contributed by atoms with Gasteiger partial charge >= 0.3 is 5.97 Å². The van der Waals surface area contributed by atoms with Gasteiger partial charge in [0, 0.05) is 0 Å². The fourth-order valence-corrected chi connectivity index (χ4v) is 1.96. The third-order valence-corrected chi connectivity index (χ3v) is 3.21. The van der Waals surface area contributed by atoms with Crippen molar-refractivity contribution < 1.29 is 14.6 Å². The maximum atomic E-state index is 10.7. The number of benzene rings is 1. The van der Waals surface area contributed by atoms with Gasteiger partial charge in [0.05, 0.1) is 18.3 Å². The Morgan fingerprint density at radius 3 is 2.53 bits per heavy atom. The molecule has 0 heterocycles. The Balaban J connectivity index is 1.78. The van der Waals surface area contributed by atoms with Gasteiger partial charge in [-0.25, -0.2) is 4.79 Å². The highest BCUT2D eigenvalue weighted by Crippen LogP contribution is 2.29. The smallest absolute Gasteiger partial charge is 0.335 e. The average Bonchev–Trinajstić information content (AvgIpc) is 2.28. The van der Waals surface area contributed by atoms with Crippen molar-refractivity contribution in [3.63, 3.8) is 0 Å². The quantitative estimate of drug-likeness (QED) is 0.813. The topological polar surface area (TPSA) is 72.5 Å². The Kier molecular flexibility index (Phi) is 3.76. The van der Waals surface area contributed by atoms with Gasteiger partial charge in [-0.1, -0.05) is 12.1 Å². The van der Waals surface area contributed by atoms with Crippen LogP contribution in [-0.2, 0) is 11.3 Å². The number of carboxylic acids is 1. The van der Waals surface area contributed by atoms with Crippen LogP contribution in [0.25, 0.3) is 0 Å². The standard InChI is InChI=1S/C13H17NO3/c14-7-10-5-12(6-10)17-8-9-1-3-11(4-2-9)13(15)16/h1-4,10,12H,5-8,14H2,(H,15,16). The molecule has 0 spiro atoms. The van der Waals surface area contributed by atoms with Crippen LogP contribution in [0.5, 0.6) is 0 Å². The van der Waals surface area contributed by atoms with Gasteiger partial charge in [0.15, 0.2) is 0 Å². The molecule has 0 aliphatic heterocycles. The second-order valence-electron chi connectivity index (χ2n) is 4.51. The van der Waals surface area contributed by atoms with Crippen molar-refractivity contribution in [1.82, 2.24) is 0 Å². The first-order valence-electron chi connectivity index (χ1n) is 5.83. The van der Waals surface area contributed by atoms with Crippen molar-refractivity contribution in [3.05, 3.63) is 35.4 Å². The summed E-state index contributed by atoms with van der Waals surface area (Å²) in [5.41, 5.74) is 6.85. The first kappa shape index (κ1) is 12.1. The number of nitrogens with two attached hydrogens (primary N) is 1. The van der Waals surface area contributed by atoms with Crippen LogP contribution < -0.4 is 5.73 Å². The number of hydrogen-bond donors (Lipinski definition) is 2. The molecular weight excluding hydrogens is 218 g/mol. The normalized spacial score (nSPS) is 23.1. The molecule has 1 aromatic carbocycles. The van der Waals surface area contributed by atoms with Crippen molar-refractivity contribution >= 4 is 5.97 Å². The predicted octanol–water partition coefficient (Wildman–Crippen LogP) is 1.64. The molecular formula is C13H17NO3. The molecule has 0 unspecified atom stereocenters. The van der Waals surface area contributed by atoms with Crippen LogP contribution >= 0.6 is 0 Å². The molecule has 0 saturated heterocycles. The molecule has 1 fully saturated rings. The van der Waals surface area contributed by atoms with Gasteiger partial charge in [-0.3, -0.25) is 0 Å². The van der Waals surface area contributed by atoms with E-state index in [0.717, 1.165) is 24.9 Å². The first-order valence-corrected chi connectivity index (χ1v) is 5.83. The summed E-state index contributed by atoms with van der Waals surface area (Å²) < 4.78 is 5.69. The maximum Gasteiger partial charge on any atom is 0.335 e. The predicted molar refractivity (Wildman–Crippen MR) is 63.8 cm³/mol. The Morgan fingerprint density at radius 1 is 1.35 bits per heavy atom. The van der Waals surface area contributed by atoms with Crippen molar-refractivity contribution in [2.24, 2.45) is 11.7 Å². The Hall–Kier alpha value is -1.39. The van der Waals surface area contributed by atoms with Gasteiger partial charge < -0.3 is 15.6 Å². The van der Waals surface area contributed by atoms with Crippen LogP contribution in [0.15, 0.2) is 24.3 Å². The van der Waals surface area contributed by atoms with E-state index in [1.807, 2.05) is 0 Å². The molecule has 0 amide bonds. The summed E-state index contributed by atoms with van der Waals surface area (Å²) in [6.07, 6.45) is 2.41. The lowest BCUT2D eigenvalue weighted by atomic mass is 9.82. The number of ether oxygens (including phenoxy) is 1. The van der Waals surface area contributed by atoms with Crippen molar-refractivity contribution in [3.8, 4) is 0 Å². The molecule has 2 rings (SSSR count). The summed E-state index contributed by atoms with van der Waals surface area (Å²) in [5, 5.41) is 8.75. The zero-order valence-electron chi connectivity index (χ0n) is 9.63. The molecule has 92 valence electrons. The summed E-state index contributed by atoms with van der Waals surface area (Å²) in [5.74, 6) is -0.281. The average molecular weight is 235 g/mol. The van der Waals surface area contributed by atoms with E-state index in [-0.39, 0.29) is 0 Å². The molecule has 17 heavy (non-hydrogen) atoms. The Bertz CT molecular complexity index is 382. The molecule has 1 saturated carbocycles. The fourth-order valence-electron chi connectivity index (χ4n) is 1.96. The van der Waals surface area contributed by atoms with Gasteiger partial charge in [0.1, 0.15) is 0 Å². The summed E-state index contributed by atoms with van der Waals surface area (Å²) in [4.78, 5) is 10.7. The lowest BCUT2D eigenvalue weighted by Crippen LogP contribution is -2.35. The van der Waals surface area contributed by atoms with E-state index < -0.39 is 5.97 Å². The zero-order chi connectivity index (χ0) is 12.3. The van der Waals surface area contributed by atoms with Gasteiger partial charge in [0.2, 0.25) is 0 Å². The third-order valence-electron chi connectivity index (χ3n) is 3.21. The minimum Gasteiger partial charge on any atom is -0.478 e. The largest absolute Gasteiger partial charge is 0.478 e. The summed E-state index contributed by atoms with van der Waals surface area (Å²) >= 11 is 0. The van der Waals surface area contributed by atoms with E-state index >= 15 is 0 Å². The SMILES string of the molecule is NCC1CC(OCc2ccc(C(=O)O)cc2)C1. The van der Waals surface area contributed by atoms with E-state index in [1.54, 1.807) is 24.3 Å². The van der Waals surface area contributed by atoms with E-state index in [9.17, 15) is 4.79 Å². The Morgan fingerprint density at radius 2 is 2.00 bits per heavy atom. The maximum absolute atomic E-state index is 10.7. The summed E-state index contributed by atoms with van der Waals surface area (Å²) in [6.45, 7) is 1.29. The molecule has 1 aromatic rings. The second-order valence-corrected chi connectivity index (χ2v) is 4.51. The molecule has 0 radical (unpaired) electrons. The van der Waals surface area contributed by atoms with Gasteiger partial charge in [-0.15, -0.1) is 0 Å². The van der Waals surface area contributed by atoms with Crippen LogP contribution in [0, 0.1) is 5.92 Å². The highest BCUT2D eigenvalue weighted by atomic mass is 16.5. The minimum absolute atomic E-state index is 0.306. The van der Waals surface area contributed by atoms with Gasteiger partial charge in [-0.05, 0) is 43.0 Å². The number of rotatable bonds is 5. The molecule has 4 nitrogen and oxygen atoms in total. The van der Waals surface area contributed by atoms with Crippen molar-refractivity contribution in [2.75, 3.05) is 6.54 Å². The highest BCUT2D eigenvalue weighted by molar-refractivity contribution is 5.87. The van der Waals surface area contributed by atoms with E-state index in [2.05, 4.69) is 0 Å². The van der Waals surface area contributed by atoms with Crippen molar-refractivity contribution in [1.29, 1.82) is 0 Å². The van der Waals surface area contributed by atoms with Gasteiger partial charge in [-0.2, -0.15) is 0 Å². The van der Waals surface area contributed by atoms with Crippen LogP contribution in [0.3, 0.4) is 0 Å². The lowest BCUT2D eigenvalue weighted by molar-refractivity contribution is -0.0376. The number of hydrogen-bond acceptors (Lipinski definition) is 3. The third kappa shape index (κ3) is 3.05. The molecule has 4 heteroatoms. The summed E-state index contributed by atoms with van der Waals surface area (Å²) in [7, 11) is 0. The molecule has 1 aliphatic carbocycles. The molecule has 1 aliphatic rings. The zero-order valence-corrected chi connectivity index (χ0v) is 9.63. The second kappa shape index (κ2) is 5.29. The van der Waals surface area contributed by atoms with Crippen molar-refractivity contribution in [2.45, 2.75) is 25.6 Å². The van der Waals surface area contributed by atoms with Crippen LogP contribution in [0.4, 0.5) is 0 Å². The van der Waals surface area contributed by atoms with Gasteiger partial charge in [0.25, 0.3) is 0 Å². The molecule has 0 atom stereocenters. The van der Waals surface area contributed by atoms with E-state index in [4.69, 9.17) is 15.6 Å². The van der Waals surface area contributed by atoms with Crippen LogP contribution in [0.2, 0.25) is 0 Å². The monoisotopic (exact) mass is 235 g/mol. The van der Waals surface area contributed by atoms with E-state index in [1.165, 1.54) is 0 Å². The summed E-state index contributed by atoms with van der Waals surface area (Å²) in [6, 6.07) is 6.79. The minimum atomic E-state index is -0.901. The molecule has 3 N–H and O–H groups in total. The lowest BCUT2D eigenvalue weighted by Gasteiger charge is -2.34. The first-order chi connectivity index (χ1) is 8.19. The number of carboxylic acid groups (broad SMARTS) is 1. The van der Waals surface area contributed by atoms with Crippen LogP contribution in [-0.4, -0.2) is 23.7 Å². The fraction of sp³-hybridized carbons (Fsp3) is 0.462. The Labute approximate surface area is 100 Å². The van der Waals surface area contributed by atoms with E-state index in [0.29, 0.717) is 24.2 Å².